The molecule has 0 amide bonds. The Bertz CT molecular complexity index is 1110. The Hall–Kier alpha value is -2.58. The zero-order valence-corrected chi connectivity index (χ0v) is 16.0. The second kappa shape index (κ2) is 7.35. The molecule has 0 saturated carbocycles. The molecular formula is C18H18N2O4S2. The first-order valence-corrected chi connectivity index (χ1v) is 9.98. The van der Waals surface area contributed by atoms with Crippen LogP contribution in [0.4, 0.5) is 0 Å². The first-order chi connectivity index (χ1) is 12.5. The molecule has 0 aliphatic carbocycles. The number of sulfonamides is 1. The van der Waals surface area contributed by atoms with Crippen LogP contribution in [0, 0.1) is 0 Å². The number of hydrogen-bond donors (Lipinski definition) is 0. The molecule has 6 nitrogen and oxygen atoms in total. The Morgan fingerprint density at radius 3 is 2.42 bits per heavy atom. The van der Waals surface area contributed by atoms with Crippen molar-refractivity contribution in [2.24, 2.45) is 4.40 Å². The summed E-state index contributed by atoms with van der Waals surface area (Å²) in [7, 11) is -0.705. The summed E-state index contributed by atoms with van der Waals surface area (Å²) >= 11 is 1.27. The minimum absolute atomic E-state index is 0.151. The molecule has 26 heavy (non-hydrogen) atoms. The summed E-state index contributed by atoms with van der Waals surface area (Å²) in [6.45, 7) is 4.17. The first-order valence-electron chi connectivity index (χ1n) is 7.72. The molecule has 0 saturated heterocycles. The number of fused-ring (bicyclic) bond motifs is 1. The van der Waals surface area contributed by atoms with E-state index in [0.717, 1.165) is 10.2 Å². The maximum absolute atomic E-state index is 12.6. The fourth-order valence-corrected chi connectivity index (χ4v) is 4.79. The summed E-state index contributed by atoms with van der Waals surface area (Å²) in [6.07, 6.45) is 1.69. The lowest BCUT2D eigenvalue weighted by molar-refractivity contribution is 0.355. The molecule has 1 aromatic heterocycles. The van der Waals surface area contributed by atoms with E-state index >= 15 is 0 Å². The van der Waals surface area contributed by atoms with Crippen LogP contribution in [-0.2, 0) is 16.6 Å². The summed E-state index contributed by atoms with van der Waals surface area (Å²) in [4.78, 5) is 0.511. The van der Waals surface area contributed by atoms with E-state index in [0.29, 0.717) is 22.8 Å². The fourth-order valence-electron chi connectivity index (χ4n) is 2.52. The Morgan fingerprint density at radius 1 is 1.15 bits per heavy atom. The average Bonchev–Trinajstić information content (AvgIpc) is 2.97. The first kappa shape index (κ1) is 18.2. The van der Waals surface area contributed by atoms with E-state index in [1.807, 2.05) is 12.1 Å². The minimum Gasteiger partial charge on any atom is -0.493 e. The quantitative estimate of drug-likeness (QED) is 0.606. The predicted octanol–water partition coefficient (Wildman–Crippen LogP) is 3.20. The number of rotatable bonds is 6. The van der Waals surface area contributed by atoms with Crippen LogP contribution in [0.25, 0.3) is 10.2 Å². The van der Waals surface area contributed by atoms with Crippen molar-refractivity contribution >= 4 is 31.6 Å². The van der Waals surface area contributed by atoms with Crippen LogP contribution in [0.5, 0.6) is 11.5 Å². The molecule has 0 fully saturated rings. The van der Waals surface area contributed by atoms with Gasteiger partial charge in [-0.25, -0.2) is 0 Å². The van der Waals surface area contributed by atoms with Gasteiger partial charge >= 0.3 is 0 Å². The third kappa shape index (κ3) is 3.38. The highest BCUT2D eigenvalue weighted by molar-refractivity contribution is 7.90. The summed E-state index contributed by atoms with van der Waals surface area (Å²) < 4.78 is 42.6. The largest absolute Gasteiger partial charge is 0.493 e. The Kier molecular flexibility index (Phi) is 5.15. The lowest BCUT2D eigenvalue weighted by atomic mass is 10.3. The molecule has 0 bridgehead atoms. The molecule has 1 heterocycles. The van der Waals surface area contributed by atoms with Crippen LogP contribution >= 0.6 is 11.3 Å². The molecule has 3 aromatic rings. The van der Waals surface area contributed by atoms with Gasteiger partial charge in [0.15, 0.2) is 11.5 Å². The van der Waals surface area contributed by atoms with Gasteiger partial charge in [0.25, 0.3) is 10.0 Å². The molecule has 0 aliphatic heterocycles. The molecule has 0 radical (unpaired) electrons. The Morgan fingerprint density at radius 2 is 1.81 bits per heavy atom. The monoisotopic (exact) mass is 390 g/mol. The number of methoxy groups -OCH3 is 2. The molecule has 0 spiro atoms. The van der Waals surface area contributed by atoms with Gasteiger partial charge in [-0.3, -0.25) is 0 Å². The zero-order valence-electron chi connectivity index (χ0n) is 14.4. The highest BCUT2D eigenvalue weighted by Gasteiger charge is 2.16. The molecule has 8 heteroatoms. The van der Waals surface area contributed by atoms with Crippen molar-refractivity contribution in [1.29, 1.82) is 0 Å². The third-order valence-corrected chi connectivity index (χ3v) is 6.18. The molecule has 0 N–H and O–H groups in total. The molecule has 136 valence electrons. The highest BCUT2D eigenvalue weighted by Crippen LogP contribution is 2.33. The standard InChI is InChI=1S/C18H18N2O4S2/c1-4-10-20-14-11-15(23-2)16(24-3)12-17(14)25-18(20)19-26(21,22)13-8-6-5-7-9-13/h4-9,11-12H,1,10H2,2-3H3/b19-18-. The molecule has 0 atom stereocenters. The number of hydrogen-bond acceptors (Lipinski definition) is 5. The van der Waals surface area contributed by atoms with E-state index in [9.17, 15) is 8.42 Å². The maximum atomic E-state index is 12.6. The predicted molar refractivity (Wildman–Crippen MR) is 102 cm³/mol. The van der Waals surface area contributed by atoms with Crippen LogP contribution in [0.15, 0.2) is 64.4 Å². The summed E-state index contributed by atoms with van der Waals surface area (Å²) in [5.41, 5.74) is 0.801. The van der Waals surface area contributed by atoms with Gasteiger partial charge in [0.1, 0.15) is 0 Å². The van der Waals surface area contributed by atoms with Crippen LogP contribution < -0.4 is 14.3 Å². The number of benzene rings is 2. The van der Waals surface area contributed by atoms with E-state index < -0.39 is 10.0 Å². The van der Waals surface area contributed by atoms with E-state index in [1.54, 1.807) is 43.1 Å². The lowest BCUT2D eigenvalue weighted by Gasteiger charge is -2.08. The van der Waals surface area contributed by atoms with Gasteiger partial charge in [0.05, 0.1) is 29.3 Å². The van der Waals surface area contributed by atoms with Gasteiger partial charge in [0, 0.05) is 18.7 Å². The number of allylic oxidation sites excluding steroid dienone is 1. The van der Waals surface area contributed by atoms with Gasteiger partial charge < -0.3 is 14.0 Å². The van der Waals surface area contributed by atoms with Gasteiger partial charge in [0.2, 0.25) is 4.80 Å². The van der Waals surface area contributed by atoms with Gasteiger partial charge in [-0.2, -0.15) is 8.42 Å². The van der Waals surface area contributed by atoms with Crippen LogP contribution in [0.1, 0.15) is 0 Å². The van der Waals surface area contributed by atoms with Crippen molar-refractivity contribution in [3.8, 4) is 11.5 Å². The van der Waals surface area contributed by atoms with Gasteiger partial charge in [-0.15, -0.1) is 11.0 Å². The molecule has 2 aromatic carbocycles. The van der Waals surface area contributed by atoms with Crippen LogP contribution in [-0.4, -0.2) is 27.2 Å². The van der Waals surface area contributed by atoms with Crippen LogP contribution in [0.3, 0.4) is 0 Å². The van der Waals surface area contributed by atoms with Crippen molar-refractivity contribution < 1.29 is 17.9 Å². The highest BCUT2D eigenvalue weighted by atomic mass is 32.2. The Labute approximate surface area is 155 Å². The Balaban J connectivity index is 2.28. The lowest BCUT2D eigenvalue weighted by Crippen LogP contribution is -2.16. The number of nitrogens with zero attached hydrogens (tertiary/aromatic N) is 2. The van der Waals surface area contributed by atoms with E-state index in [1.165, 1.54) is 23.5 Å². The fraction of sp³-hybridized carbons (Fsp3) is 0.167. The normalized spacial score (nSPS) is 12.3. The van der Waals surface area contributed by atoms with E-state index in [4.69, 9.17) is 9.47 Å². The van der Waals surface area contributed by atoms with E-state index in [2.05, 4.69) is 11.0 Å². The maximum Gasteiger partial charge on any atom is 0.285 e. The van der Waals surface area contributed by atoms with E-state index in [-0.39, 0.29) is 4.90 Å². The minimum atomic E-state index is -3.82. The number of ether oxygens (including phenoxy) is 2. The summed E-state index contributed by atoms with van der Waals surface area (Å²) in [6, 6.07) is 11.8. The van der Waals surface area contributed by atoms with Crippen LogP contribution in [0.2, 0.25) is 0 Å². The van der Waals surface area contributed by atoms with Gasteiger partial charge in [-0.1, -0.05) is 35.6 Å². The zero-order chi connectivity index (χ0) is 18.7. The van der Waals surface area contributed by atoms with Crippen molar-refractivity contribution in [2.75, 3.05) is 14.2 Å². The van der Waals surface area contributed by atoms with Crippen molar-refractivity contribution in [3.63, 3.8) is 0 Å². The topological polar surface area (TPSA) is 69.9 Å². The second-order valence-electron chi connectivity index (χ2n) is 5.34. The summed E-state index contributed by atoms with van der Waals surface area (Å²) in [5.74, 6) is 1.14. The number of aromatic nitrogens is 1. The van der Waals surface area contributed by atoms with Crippen molar-refractivity contribution in [1.82, 2.24) is 4.57 Å². The van der Waals surface area contributed by atoms with Crippen molar-refractivity contribution in [3.05, 3.63) is 59.9 Å². The molecule has 0 aliphatic rings. The summed E-state index contributed by atoms with van der Waals surface area (Å²) in [5, 5.41) is 0. The second-order valence-corrected chi connectivity index (χ2v) is 7.95. The number of thiazole rings is 1. The van der Waals surface area contributed by atoms with Crippen molar-refractivity contribution in [2.45, 2.75) is 11.4 Å². The van der Waals surface area contributed by atoms with Gasteiger partial charge in [-0.05, 0) is 12.1 Å². The molecular weight excluding hydrogens is 372 g/mol. The average molecular weight is 390 g/mol. The smallest absolute Gasteiger partial charge is 0.285 e. The molecule has 0 unspecified atom stereocenters. The third-order valence-electron chi connectivity index (χ3n) is 3.74. The SMILES string of the molecule is C=CCn1/c(=N/S(=O)(=O)c2ccccc2)sc2cc(OC)c(OC)cc21. The molecule has 3 rings (SSSR count).